The van der Waals surface area contributed by atoms with Crippen LogP contribution in [-0.4, -0.2) is 4.98 Å². The molecule has 2 nitrogen and oxygen atoms in total. The standard InChI is InChI=1S/C15H12ClF3N2/c16-10-4-6-12(11(8-10)15(17,18)19)21-13-5-3-9-2-1-7-20-14(9)13/h1-2,4,6-8,13,21H,3,5H2. The molecule has 6 heteroatoms. The number of anilines is 1. The zero-order valence-electron chi connectivity index (χ0n) is 10.9. The molecule has 1 unspecified atom stereocenters. The Hall–Kier alpha value is -1.75. The molecule has 1 N–H and O–H groups in total. The van der Waals surface area contributed by atoms with Crippen LogP contribution in [-0.2, 0) is 12.6 Å². The second-order valence-corrected chi connectivity index (χ2v) is 5.41. The van der Waals surface area contributed by atoms with Crippen molar-refractivity contribution in [2.45, 2.75) is 25.1 Å². The van der Waals surface area contributed by atoms with Crippen molar-refractivity contribution in [2.24, 2.45) is 0 Å². The summed E-state index contributed by atoms with van der Waals surface area (Å²) in [6, 6.07) is 7.35. The zero-order chi connectivity index (χ0) is 15.0. The Balaban J connectivity index is 1.93. The fourth-order valence-corrected chi connectivity index (χ4v) is 2.79. The van der Waals surface area contributed by atoms with E-state index in [4.69, 9.17) is 11.6 Å². The summed E-state index contributed by atoms with van der Waals surface area (Å²) in [5.74, 6) is 0. The van der Waals surface area contributed by atoms with Crippen molar-refractivity contribution in [3.8, 4) is 0 Å². The van der Waals surface area contributed by atoms with Crippen LogP contribution >= 0.6 is 11.6 Å². The van der Waals surface area contributed by atoms with E-state index in [0.717, 1.165) is 30.2 Å². The molecule has 3 rings (SSSR count). The lowest BCUT2D eigenvalue weighted by Gasteiger charge is -2.19. The normalized spacial score (nSPS) is 17.6. The van der Waals surface area contributed by atoms with Gasteiger partial charge in [-0.15, -0.1) is 0 Å². The number of nitrogens with zero attached hydrogens (tertiary/aromatic N) is 1. The Kier molecular flexibility index (Phi) is 3.53. The van der Waals surface area contributed by atoms with Gasteiger partial charge >= 0.3 is 6.18 Å². The molecule has 0 amide bonds. The number of hydrogen-bond donors (Lipinski definition) is 1. The molecule has 0 saturated heterocycles. The van der Waals surface area contributed by atoms with E-state index in [-0.39, 0.29) is 16.8 Å². The number of benzene rings is 1. The number of fused-ring (bicyclic) bond motifs is 1. The molecule has 1 aromatic heterocycles. The quantitative estimate of drug-likeness (QED) is 0.857. The molecule has 21 heavy (non-hydrogen) atoms. The van der Waals surface area contributed by atoms with Gasteiger partial charge in [0.05, 0.1) is 17.3 Å². The van der Waals surface area contributed by atoms with Crippen molar-refractivity contribution in [3.63, 3.8) is 0 Å². The topological polar surface area (TPSA) is 24.9 Å². The average molecular weight is 313 g/mol. The third kappa shape index (κ3) is 2.83. The first-order chi connectivity index (χ1) is 9.95. The van der Waals surface area contributed by atoms with Gasteiger partial charge in [-0.3, -0.25) is 4.98 Å². The molecule has 0 radical (unpaired) electrons. The van der Waals surface area contributed by atoms with Gasteiger partial charge in [0.25, 0.3) is 0 Å². The first-order valence-electron chi connectivity index (χ1n) is 6.52. The minimum Gasteiger partial charge on any atom is -0.376 e. The molecule has 0 saturated carbocycles. The molecule has 110 valence electrons. The van der Waals surface area contributed by atoms with E-state index < -0.39 is 11.7 Å². The van der Waals surface area contributed by atoms with Crippen LogP contribution in [0.25, 0.3) is 0 Å². The number of aromatic nitrogens is 1. The largest absolute Gasteiger partial charge is 0.418 e. The summed E-state index contributed by atoms with van der Waals surface area (Å²) in [5, 5.41) is 3.03. The minimum absolute atomic E-state index is 0.0374. The third-order valence-corrected chi connectivity index (χ3v) is 3.81. The van der Waals surface area contributed by atoms with E-state index in [9.17, 15) is 13.2 Å². The van der Waals surface area contributed by atoms with Crippen molar-refractivity contribution >= 4 is 17.3 Å². The highest BCUT2D eigenvalue weighted by atomic mass is 35.5. The first-order valence-corrected chi connectivity index (χ1v) is 6.90. The van der Waals surface area contributed by atoms with Crippen LogP contribution in [0.2, 0.25) is 5.02 Å². The smallest absolute Gasteiger partial charge is 0.376 e. The summed E-state index contributed by atoms with van der Waals surface area (Å²) in [5.41, 5.74) is 1.19. The molecule has 2 aromatic rings. The lowest BCUT2D eigenvalue weighted by Crippen LogP contribution is -2.14. The third-order valence-electron chi connectivity index (χ3n) is 3.58. The Labute approximate surface area is 125 Å². The molecule has 1 atom stereocenters. The molecule has 0 bridgehead atoms. The van der Waals surface area contributed by atoms with E-state index in [2.05, 4.69) is 10.3 Å². The highest BCUT2D eigenvalue weighted by Crippen LogP contribution is 2.39. The van der Waals surface area contributed by atoms with Crippen molar-refractivity contribution in [1.29, 1.82) is 0 Å². The van der Waals surface area contributed by atoms with Crippen molar-refractivity contribution in [2.75, 3.05) is 5.32 Å². The maximum Gasteiger partial charge on any atom is 0.418 e. The van der Waals surface area contributed by atoms with Crippen LogP contribution in [0.4, 0.5) is 18.9 Å². The summed E-state index contributed by atoms with van der Waals surface area (Å²) in [7, 11) is 0. The van der Waals surface area contributed by atoms with Crippen LogP contribution in [0.1, 0.15) is 29.3 Å². The number of halogens is 4. The number of nitrogens with one attached hydrogen (secondary N) is 1. The number of alkyl halides is 3. The van der Waals surface area contributed by atoms with Gasteiger partial charge in [-0.05, 0) is 42.7 Å². The fraction of sp³-hybridized carbons (Fsp3) is 0.267. The maximum absolute atomic E-state index is 13.1. The van der Waals surface area contributed by atoms with Gasteiger partial charge in [-0.25, -0.2) is 0 Å². The van der Waals surface area contributed by atoms with E-state index in [1.807, 2.05) is 12.1 Å². The molecular formula is C15H12ClF3N2. The van der Waals surface area contributed by atoms with E-state index in [1.165, 1.54) is 12.1 Å². The van der Waals surface area contributed by atoms with Gasteiger partial charge in [-0.1, -0.05) is 17.7 Å². The molecule has 1 aliphatic carbocycles. The molecule has 1 heterocycles. The van der Waals surface area contributed by atoms with Crippen LogP contribution in [0.5, 0.6) is 0 Å². The summed E-state index contributed by atoms with van der Waals surface area (Å²) < 4.78 is 39.3. The average Bonchev–Trinajstić information content (AvgIpc) is 2.83. The van der Waals surface area contributed by atoms with Gasteiger partial charge in [-0.2, -0.15) is 13.2 Å². The van der Waals surface area contributed by atoms with Crippen LogP contribution in [0.3, 0.4) is 0 Å². The second kappa shape index (κ2) is 5.22. The predicted octanol–water partition coefficient (Wildman–Crippen LogP) is 4.85. The van der Waals surface area contributed by atoms with Gasteiger partial charge in [0.2, 0.25) is 0 Å². The summed E-state index contributed by atoms with van der Waals surface area (Å²) in [6.07, 6.45) is -1.24. The Morgan fingerprint density at radius 1 is 1.24 bits per heavy atom. The molecule has 1 aromatic carbocycles. The molecule has 0 fully saturated rings. The first kappa shape index (κ1) is 14.2. The predicted molar refractivity (Wildman–Crippen MR) is 75.4 cm³/mol. The Bertz CT molecular complexity index is 670. The highest BCUT2D eigenvalue weighted by molar-refractivity contribution is 6.30. The van der Waals surface area contributed by atoms with Crippen LogP contribution in [0.15, 0.2) is 36.5 Å². The summed E-state index contributed by atoms with van der Waals surface area (Å²) in [6.45, 7) is 0. The lowest BCUT2D eigenvalue weighted by molar-refractivity contribution is -0.137. The number of aryl methyl sites for hydroxylation is 1. The van der Waals surface area contributed by atoms with Crippen LogP contribution < -0.4 is 5.32 Å². The zero-order valence-corrected chi connectivity index (χ0v) is 11.7. The summed E-state index contributed by atoms with van der Waals surface area (Å²) >= 11 is 5.68. The lowest BCUT2D eigenvalue weighted by atomic mass is 10.1. The Morgan fingerprint density at radius 2 is 2.05 bits per heavy atom. The number of pyridine rings is 1. The minimum atomic E-state index is -4.45. The SMILES string of the molecule is FC(F)(F)c1cc(Cl)ccc1NC1CCc2cccnc21. The van der Waals surface area contributed by atoms with Crippen molar-refractivity contribution < 1.29 is 13.2 Å². The maximum atomic E-state index is 13.1. The van der Waals surface area contributed by atoms with Crippen molar-refractivity contribution in [1.82, 2.24) is 4.98 Å². The highest BCUT2D eigenvalue weighted by Gasteiger charge is 2.35. The van der Waals surface area contributed by atoms with Gasteiger partial charge in [0.15, 0.2) is 0 Å². The fourth-order valence-electron chi connectivity index (χ4n) is 2.62. The van der Waals surface area contributed by atoms with Crippen LogP contribution in [0, 0.1) is 0 Å². The second-order valence-electron chi connectivity index (χ2n) is 4.97. The summed E-state index contributed by atoms with van der Waals surface area (Å²) in [4.78, 5) is 4.28. The molecule has 0 spiro atoms. The van der Waals surface area contributed by atoms with Gasteiger partial charge in [0.1, 0.15) is 0 Å². The van der Waals surface area contributed by atoms with E-state index >= 15 is 0 Å². The number of rotatable bonds is 2. The molecule has 0 aliphatic heterocycles. The number of hydrogen-bond acceptors (Lipinski definition) is 2. The van der Waals surface area contributed by atoms with E-state index in [0.29, 0.717) is 0 Å². The molecular weight excluding hydrogens is 301 g/mol. The van der Waals surface area contributed by atoms with E-state index in [1.54, 1.807) is 6.20 Å². The Morgan fingerprint density at radius 3 is 2.81 bits per heavy atom. The van der Waals surface area contributed by atoms with Gasteiger partial charge < -0.3 is 5.32 Å². The molecule has 1 aliphatic rings. The van der Waals surface area contributed by atoms with Crippen molar-refractivity contribution in [3.05, 3.63) is 58.4 Å². The monoisotopic (exact) mass is 312 g/mol. The van der Waals surface area contributed by atoms with Gasteiger partial charge in [0, 0.05) is 16.9 Å².